The van der Waals surface area contributed by atoms with Gasteiger partial charge in [0.05, 0.1) is 0 Å². The number of nitrogens with zero attached hydrogens (tertiary/aromatic N) is 4. The van der Waals surface area contributed by atoms with Crippen LogP contribution >= 0.6 is 0 Å². The molecule has 1 aromatic carbocycles. The Balaban J connectivity index is 1.57. The third-order valence-corrected chi connectivity index (χ3v) is 4.58. The fourth-order valence-corrected chi connectivity index (χ4v) is 3.39. The maximum atomic E-state index is 12.8. The minimum absolute atomic E-state index is 0.0630. The van der Waals surface area contributed by atoms with Crippen molar-refractivity contribution in [2.45, 2.75) is 18.8 Å². The van der Waals surface area contributed by atoms with E-state index >= 15 is 0 Å². The molecule has 0 radical (unpaired) electrons. The molecule has 1 N–H and O–H groups in total. The summed E-state index contributed by atoms with van der Waals surface area (Å²) in [6.45, 7) is 1.49. The lowest BCUT2D eigenvalue weighted by molar-refractivity contribution is 0.0698. The van der Waals surface area contributed by atoms with Gasteiger partial charge in [0.15, 0.2) is 0 Å². The van der Waals surface area contributed by atoms with E-state index in [1.54, 1.807) is 6.33 Å². The molecule has 2 aromatic heterocycles. The van der Waals surface area contributed by atoms with Gasteiger partial charge in [-0.05, 0) is 25.0 Å². The SMILES string of the molecule is Cn1cnnc1[C@H]1CCCN(C(=O)c2cc3ccccc3[nH]2)C1. The summed E-state index contributed by atoms with van der Waals surface area (Å²) in [5.41, 5.74) is 1.66. The highest BCUT2D eigenvalue weighted by molar-refractivity contribution is 5.98. The van der Waals surface area contributed by atoms with Crippen molar-refractivity contribution >= 4 is 16.8 Å². The third-order valence-electron chi connectivity index (χ3n) is 4.58. The molecule has 23 heavy (non-hydrogen) atoms. The summed E-state index contributed by atoms with van der Waals surface area (Å²) >= 11 is 0. The second-order valence-electron chi connectivity index (χ2n) is 6.16. The van der Waals surface area contributed by atoms with E-state index in [0.29, 0.717) is 12.2 Å². The molecule has 0 unspecified atom stereocenters. The summed E-state index contributed by atoms with van der Waals surface area (Å²) in [5.74, 6) is 1.27. The van der Waals surface area contributed by atoms with Crippen LogP contribution in [0, 0.1) is 0 Å². The van der Waals surface area contributed by atoms with E-state index < -0.39 is 0 Å². The van der Waals surface area contributed by atoms with E-state index in [1.807, 2.05) is 46.8 Å². The normalized spacial score (nSPS) is 18.5. The Morgan fingerprint density at radius 3 is 3.00 bits per heavy atom. The highest BCUT2D eigenvalue weighted by Crippen LogP contribution is 2.26. The molecule has 1 amide bonds. The maximum Gasteiger partial charge on any atom is 0.270 e. The lowest BCUT2D eigenvalue weighted by atomic mass is 9.97. The Kier molecular flexibility index (Phi) is 3.37. The van der Waals surface area contributed by atoms with Crippen LogP contribution in [0.4, 0.5) is 0 Å². The molecule has 1 atom stereocenters. The number of piperidine rings is 1. The summed E-state index contributed by atoms with van der Waals surface area (Å²) in [6.07, 6.45) is 3.75. The Hall–Kier alpha value is -2.63. The van der Waals surface area contributed by atoms with Crippen LogP contribution < -0.4 is 0 Å². The molecule has 118 valence electrons. The quantitative estimate of drug-likeness (QED) is 0.790. The molecule has 1 aliphatic rings. The smallest absolute Gasteiger partial charge is 0.270 e. The molecule has 3 aromatic rings. The molecule has 4 rings (SSSR count). The van der Waals surface area contributed by atoms with Crippen molar-refractivity contribution in [3.8, 4) is 0 Å². The van der Waals surface area contributed by atoms with Crippen LogP contribution in [0.5, 0.6) is 0 Å². The lowest BCUT2D eigenvalue weighted by Gasteiger charge is -2.31. The predicted octanol–water partition coefficient (Wildman–Crippen LogP) is 2.32. The number of rotatable bonds is 2. The van der Waals surface area contributed by atoms with Gasteiger partial charge >= 0.3 is 0 Å². The summed E-state index contributed by atoms with van der Waals surface area (Å²) in [6, 6.07) is 9.89. The average molecular weight is 309 g/mol. The van der Waals surface area contributed by atoms with Crippen molar-refractivity contribution in [3.05, 3.63) is 48.2 Å². The van der Waals surface area contributed by atoms with E-state index in [1.165, 1.54) is 0 Å². The number of carbonyl (C=O) groups excluding carboxylic acids is 1. The fraction of sp³-hybridized carbons (Fsp3) is 0.353. The summed E-state index contributed by atoms with van der Waals surface area (Å²) in [4.78, 5) is 18.0. The van der Waals surface area contributed by atoms with E-state index in [0.717, 1.165) is 36.1 Å². The molecule has 1 fully saturated rings. The molecular weight excluding hydrogens is 290 g/mol. The van der Waals surface area contributed by atoms with Gasteiger partial charge in [0.2, 0.25) is 0 Å². The molecule has 1 aliphatic heterocycles. The van der Waals surface area contributed by atoms with E-state index in [2.05, 4.69) is 15.2 Å². The van der Waals surface area contributed by atoms with Crippen molar-refractivity contribution < 1.29 is 4.79 Å². The zero-order valence-corrected chi connectivity index (χ0v) is 13.1. The summed E-state index contributed by atoms with van der Waals surface area (Å²) in [5, 5.41) is 9.23. The molecule has 0 saturated carbocycles. The van der Waals surface area contributed by atoms with Gasteiger partial charge in [-0.1, -0.05) is 18.2 Å². The highest BCUT2D eigenvalue weighted by Gasteiger charge is 2.28. The second kappa shape index (κ2) is 5.53. The van der Waals surface area contributed by atoms with Gasteiger partial charge in [-0.15, -0.1) is 10.2 Å². The van der Waals surface area contributed by atoms with E-state index in [9.17, 15) is 4.79 Å². The molecule has 0 spiro atoms. The third kappa shape index (κ3) is 2.50. The van der Waals surface area contributed by atoms with Gasteiger partial charge in [0.25, 0.3) is 5.91 Å². The largest absolute Gasteiger partial charge is 0.351 e. The zero-order valence-electron chi connectivity index (χ0n) is 13.1. The van der Waals surface area contributed by atoms with Crippen molar-refractivity contribution in [1.82, 2.24) is 24.6 Å². The van der Waals surface area contributed by atoms with Crippen LogP contribution in [-0.2, 0) is 7.05 Å². The standard InChI is InChI=1S/C17H19N5O/c1-21-11-18-20-16(21)13-6-4-8-22(10-13)17(23)15-9-12-5-2-3-7-14(12)19-15/h2-3,5,7,9,11,13,19H,4,6,8,10H2,1H3/t13-/m0/s1. The van der Waals surface area contributed by atoms with Gasteiger partial charge in [0, 0.05) is 37.0 Å². The van der Waals surface area contributed by atoms with Crippen LogP contribution in [0.15, 0.2) is 36.7 Å². The zero-order chi connectivity index (χ0) is 15.8. The molecule has 0 aliphatic carbocycles. The summed E-state index contributed by atoms with van der Waals surface area (Å²) < 4.78 is 1.95. The Labute approximate surface area is 134 Å². The number of fused-ring (bicyclic) bond motifs is 1. The lowest BCUT2D eigenvalue weighted by Crippen LogP contribution is -2.39. The number of hydrogen-bond acceptors (Lipinski definition) is 3. The Bertz CT molecular complexity index is 816. The number of likely N-dealkylation sites (tertiary alicyclic amines) is 1. The topological polar surface area (TPSA) is 66.8 Å². The van der Waals surface area contributed by atoms with Crippen LogP contribution in [0.1, 0.15) is 35.1 Å². The van der Waals surface area contributed by atoms with Crippen molar-refractivity contribution in [1.29, 1.82) is 0 Å². The van der Waals surface area contributed by atoms with Crippen LogP contribution in [-0.4, -0.2) is 43.6 Å². The Morgan fingerprint density at radius 1 is 1.35 bits per heavy atom. The average Bonchev–Trinajstić information content (AvgIpc) is 3.20. The number of amides is 1. The van der Waals surface area contributed by atoms with Crippen molar-refractivity contribution in [2.75, 3.05) is 13.1 Å². The minimum atomic E-state index is 0.0630. The Morgan fingerprint density at radius 2 is 2.22 bits per heavy atom. The van der Waals surface area contributed by atoms with Crippen LogP contribution in [0.2, 0.25) is 0 Å². The monoisotopic (exact) mass is 309 g/mol. The van der Waals surface area contributed by atoms with Gasteiger partial charge < -0.3 is 14.5 Å². The van der Waals surface area contributed by atoms with Crippen molar-refractivity contribution in [2.24, 2.45) is 7.05 Å². The van der Waals surface area contributed by atoms with E-state index in [4.69, 9.17) is 0 Å². The van der Waals surface area contributed by atoms with Gasteiger partial charge in [-0.2, -0.15) is 0 Å². The van der Waals surface area contributed by atoms with Gasteiger partial charge in [0.1, 0.15) is 17.8 Å². The first-order valence-electron chi connectivity index (χ1n) is 7.93. The number of para-hydroxylation sites is 1. The number of carbonyl (C=O) groups is 1. The minimum Gasteiger partial charge on any atom is -0.351 e. The highest BCUT2D eigenvalue weighted by atomic mass is 16.2. The molecule has 3 heterocycles. The summed E-state index contributed by atoms with van der Waals surface area (Å²) in [7, 11) is 1.95. The number of benzene rings is 1. The number of hydrogen-bond donors (Lipinski definition) is 1. The van der Waals surface area contributed by atoms with Crippen LogP contribution in [0.3, 0.4) is 0 Å². The number of aryl methyl sites for hydroxylation is 1. The van der Waals surface area contributed by atoms with Crippen LogP contribution in [0.25, 0.3) is 10.9 Å². The number of nitrogens with one attached hydrogen (secondary N) is 1. The molecule has 6 heteroatoms. The fourth-order valence-electron chi connectivity index (χ4n) is 3.39. The number of aromatic amines is 1. The second-order valence-corrected chi connectivity index (χ2v) is 6.16. The molecular formula is C17H19N5O. The van der Waals surface area contributed by atoms with E-state index in [-0.39, 0.29) is 11.8 Å². The first-order chi connectivity index (χ1) is 11.2. The van der Waals surface area contributed by atoms with Gasteiger partial charge in [-0.3, -0.25) is 4.79 Å². The first kappa shape index (κ1) is 14.0. The van der Waals surface area contributed by atoms with Gasteiger partial charge in [-0.25, -0.2) is 0 Å². The molecule has 1 saturated heterocycles. The maximum absolute atomic E-state index is 12.8. The first-order valence-corrected chi connectivity index (χ1v) is 7.93. The number of aromatic nitrogens is 4. The predicted molar refractivity (Wildman–Crippen MR) is 87.2 cm³/mol. The number of H-pyrrole nitrogens is 1. The molecule has 0 bridgehead atoms. The van der Waals surface area contributed by atoms with Crippen molar-refractivity contribution in [3.63, 3.8) is 0 Å². The molecule has 6 nitrogen and oxygen atoms in total.